The van der Waals surface area contributed by atoms with Crippen LogP contribution in [-0.2, 0) is 14.3 Å². The van der Waals surface area contributed by atoms with Gasteiger partial charge in [0.25, 0.3) is 0 Å². The Morgan fingerprint density at radius 1 is 1.00 bits per heavy atom. The van der Waals surface area contributed by atoms with Crippen molar-refractivity contribution < 1.29 is 14.3 Å². The monoisotopic (exact) mass is 410 g/mol. The minimum Gasteiger partial charge on any atom is -0.378 e. The molecule has 0 spiro atoms. The molecule has 0 saturated carbocycles. The predicted molar refractivity (Wildman–Crippen MR) is 120 cm³/mol. The zero-order valence-corrected chi connectivity index (χ0v) is 20.5. The van der Waals surface area contributed by atoms with Gasteiger partial charge >= 0.3 is 0 Å². The first kappa shape index (κ1) is 26.1. The van der Waals surface area contributed by atoms with Gasteiger partial charge < -0.3 is 9.64 Å². The van der Waals surface area contributed by atoms with Crippen LogP contribution in [0.25, 0.3) is 0 Å². The van der Waals surface area contributed by atoms with E-state index in [0.717, 1.165) is 26.1 Å². The zero-order valence-electron chi connectivity index (χ0n) is 20.5. The average Bonchev–Trinajstić information content (AvgIpc) is 2.78. The summed E-state index contributed by atoms with van der Waals surface area (Å²) in [6.07, 6.45) is 1.09. The van der Waals surface area contributed by atoms with Gasteiger partial charge in [0.05, 0.1) is 19.8 Å². The number of carbonyl (C=O) groups is 2. The molecule has 1 rings (SSSR count). The van der Waals surface area contributed by atoms with E-state index in [4.69, 9.17) is 4.74 Å². The molecule has 0 aromatic rings. The number of amides is 2. The number of hydrogen-bond donors (Lipinski definition) is 0. The fourth-order valence-electron chi connectivity index (χ4n) is 3.81. The number of carbonyl (C=O) groups excluding carboxylic acids is 2. The topological polar surface area (TPSA) is 49.9 Å². The van der Waals surface area contributed by atoms with Gasteiger partial charge in [-0.05, 0) is 29.1 Å². The summed E-state index contributed by atoms with van der Waals surface area (Å²) in [7, 11) is 0. The molecule has 2 amide bonds. The largest absolute Gasteiger partial charge is 0.378 e. The molecule has 0 bridgehead atoms. The quantitative estimate of drug-likeness (QED) is 0.352. The minimum atomic E-state index is -0.190. The molecule has 1 saturated heterocycles. The van der Waals surface area contributed by atoms with Crippen molar-refractivity contribution in [2.75, 3.05) is 39.4 Å². The van der Waals surface area contributed by atoms with E-state index in [1.807, 2.05) is 0 Å². The van der Waals surface area contributed by atoms with Crippen molar-refractivity contribution in [2.45, 2.75) is 75.2 Å². The van der Waals surface area contributed by atoms with Crippen molar-refractivity contribution in [1.29, 1.82) is 0 Å². The molecule has 1 aliphatic rings. The smallest absolute Gasteiger partial charge is 0.232 e. The third kappa shape index (κ3) is 8.37. The zero-order chi connectivity index (χ0) is 22.4. The highest BCUT2D eigenvalue weighted by molar-refractivity contribution is 6.03. The molecule has 0 aliphatic carbocycles. The first-order valence-corrected chi connectivity index (χ1v) is 11.4. The van der Waals surface area contributed by atoms with E-state index in [0.29, 0.717) is 38.0 Å². The Morgan fingerprint density at radius 3 is 2.03 bits per heavy atom. The minimum absolute atomic E-state index is 0.00357. The molecular formula is C24H46N2O3. The molecule has 1 fully saturated rings. The van der Waals surface area contributed by atoms with Gasteiger partial charge in [-0.2, -0.15) is 0 Å². The van der Waals surface area contributed by atoms with E-state index in [2.05, 4.69) is 67.2 Å². The summed E-state index contributed by atoms with van der Waals surface area (Å²) in [6, 6.07) is 0. The summed E-state index contributed by atoms with van der Waals surface area (Å²) in [6.45, 7) is 24.3. The third-order valence-electron chi connectivity index (χ3n) is 6.38. The average molecular weight is 411 g/mol. The molecule has 5 heteroatoms. The van der Waals surface area contributed by atoms with E-state index < -0.39 is 0 Å². The molecule has 1 unspecified atom stereocenters. The number of likely N-dealkylation sites (tertiary alicyclic amines) is 1. The second kappa shape index (κ2) is 10.9. The van der Waals surface area contributed by atoms with Crippen molar-refractivity contribution >= 4 is 11.8 Å². The van der Waals surface area contributed by atoms with Gasteiger partial charge in [0.1, 0.15) is 0 Å². The van der Waals surface area contributed by atoms with E-state index in [1.54, 1.807) is 0 Å². The Bertz CT molecular complexity index is 525. The number of nitrogens with zero attached hydrogens (tertiary/aromatic N) is 2. The van der Waals surface area contributed by atoms with Crippen LogP contribution >= 0.6 is 0 Å². The number of hydrogen-bond acceptors (Lipinski definition) is 4. The van der Waals surface area contributed by atoms with Gasteiger partial charge in [0.2, 0.25) is 11.8 Å². The van der Waals surface area contributed by atoms with Gasteiger partial charge in [-0.25, -0.2) is 0 Å². The van der Waals surface area contributed by atoms with Gasteiger partial charge in [-0.3, -0.25) is 14.5 Å². The van der Waals surface area contributed by atoms with Crippen LogP contribution in [0.2, 0.25) is 0 Å². The van der Waals surface area contributed by atoms with Crippen LogP contribution in [0.3, 0.4) is 0 Å². The maximum atomic E-state index is 12.8. The van der Waals surface area contributed by atoms with Gasteiger partial charge in [0.15, 0.2) is 0 Å². The maximum Gasteiger partial charge on any atom is 0.232 e. The second-order valence-electron chi connectivity index (χ2n) is 11.3. The molecule has 0 N–H and O–H groups in total. The Kier molecular flexibility index (Phi) is 9.81. The third-order valence-corrected chi connectivity index (χ3v) is 6.38. The first-order valence-electron chi connectivity index (χ1n) is 11.4. The van der Waals surface area contributed by atoms with Gasteiger partial charge in [-0.15, -0.1) is 0 Å². The molecule has 5 nitrogen and oxygen atoms in total. The fraction of sp³-hybridized carbons (Fsp3) is 0.917. The highest BCUT2D eigenvalue weighted by atomic mass is 16.5. The van der Waals surface area contributed by atoms with Crippen molar-refractivity contribution in [3.63, 3.8) is 0 Å². The Labute approximate surface area is 179 Å². The summed E-state index contributed by atoms with van der Waals surface area (Å²) >= 11 is 0. The van der Waals surface area contributed by atoms with Gasteiger partial charge in [0, 0.05) is 32.0 Å². The highest BCUT2D eigenvalue weighted by Crippen LogP contribution is 2.44. The standard InChI is InChI=1S/C24H46N2O3/c1-18(2)16-25(17-19(3)4)10-12-29-13-11-26-21(27)14-20(22(26)28)15-24(8,9)23(5,6)7/h18-20H,10-17H2,1-9H3. The van der Waals surface area contributed by atoms with Crippen LogP contribution < -0.4 is 0 Å². The molecule has 29 heavy (non-hydrogen) atoms. The second-order valence-corrected chi connectivity index (χ2v) is 11.3. The Hall–Kier alpha value is -0.940. The van der Waals surface area contributed by atoms with E-state index in [9.17, 15) is 9.59 Å². The predicted octanol–water partition coefficient (Wildman–Crippen LogP) is 4.45. The highest BCUT2D eigenvalue weighted by Gasteiger charge is 2.43. The van der Waals surface area contributed by atoms with Crippen LogP contribution in [0.5, 0.6) is 0 Å². The Morgan fingerprint density at radius 2 is 1.55 bits per heavy atom. The van der Waals surface area contributed by atoms with Crippen LogP contribution in [0.4, 0.5) is 0 Å². The lowest BCUT2D eigenvalue weighted by molar-refractivity contribution is -0.140. The molecule has 1 heterocycles. The van der Waals surface area contributed by atoms with E-state index in [-0.39, 0.29) is 28.6 Å². The fourth-order valence-corrected chi connectivity index (χ4v) is 3.81. The van der Waals surface area contributed by atoms with Gasteiger partial charge in [-0.1, -0.05) is 62.3 Å². The molecule has 1 atom stereocenters. The number of rotatable bonds is 12. The lowest BCUT2D eigenvalue weighted by Crippen LogP contribution is -2.37. The van der Waals surface area contributed by atoms with Crippen LogP contribution in [0.15, 0.2) is 0 Å². The molecule has 0 aromatic heterocycles. The first-order chi connectivity index (χ1) is 13.2. The molecule has 0 aromatic carbocycles. The summed E-state index contributed by atoms with van der Waals surface area (Å²) in [5, 5.41) is 0. The SMILES string of the molecule is CC(C)CN(CCOCCN1C(=O)CC(CC(C)(C)C(C)(C)C)C1=O)CC(C)C. The summed E-state index contributed by atoms with van der Waals surface area (Å²) < 4.78 is 5.79. The number of ether oxygens (including phenoxy) is 1. The number of imide groups is 1. The van der Waals surface area contributed by atoms with Crippen molar-refractivity contribution in [3.8, 4) is 0 Å². The van der Waals surface area contributed by atoms with Crippen molar-refractivity contribution in [2.24, 2.45) is 28.6 Å². The van der Waals surface area contributed by atoms with Crippen molar-refractivity contribution in [3.05, 3.63) is 0 Å². The van der Waals surface area contributed by atoms with Crippen LogP contribution in [0, 0.1) is 28.6 Å². The van der Waals surface area contributed by atoms with E-state index >= 15 is 0 Å². The molecule has 1 aliphatic heterocycles. The van der Waals surface area contributed by atoms with E-state index in [1.165, 1.54) is 4.90 Å². The summed E-state index contributed by atoms with van der Waals surface area (Å²) in [5.41, 5.74) is 0.0844. The van der Waals surface area contributed by atoms with Crippen LogP contribution in [-0.4, -0.2) is 61.0 Å². The lowest BCUT2D eigenvalue weighted by atomic mass is 9.65. The van der Waals surface area contributed by atoms with Crippen molar-refractivity contribution in [1.82, 2.24) is 9.80 Å². The molecule has 170 valence electrons. The molecule has 0 radical (unpaired) electrons. The lowest BCUT2D eigenvalue weighted by Gasteiger charge is -2.40. The summed E-state index contributed by atoms with van der Waals surface area (Å²) in [5.74, 6) is 1.00. The Balaban J connectivity index is 2.44. The normalized spacial score (nSPS) is 18.8. The van der Waals surface area contributed by atoms with Crippen LogP contribution in [0.1, 0.15) is 75.2 Å². The maximum absolute atomic E-state index is 12.8. The summed E-state index contributed by atoms with van der Waals surface area (Å²) in [4.78, 5) is 29.0. The molecular weight excluding hydrogens is 364 g/mol.